The van der Waals surface area contributed by atoms with E-state index in [0.717, 1.165) is 31.6 Å². The number of nitrogens with one attached hydrogen (secondary N) is 1. The monoisotopic (exact) mass is 313 g/mol. The van der Waals surface area contributed by atoms with Crippen molar-refractivity contribution >= 4 is 11.6 Å². The molecule has 1 N–H and O–H groups in total. The van der Waals surface area contributed by atoms with Gasteiger partial charge in [0, 0.05) is 13.2 Å². The summed E-state index contributed by atoms with van der Waals surface area (Å²) in [6.45, 7) is 2.27. The van der Waals surface area contributed by atoms with Crippen molar-refractivity contribution in [2.75, 3.05) is 27.4 Å². The molecule has 1 aromatic carbocycles. The van der Waals surface area contributed by atoms with E-state index in [-0.39, 0.29) is 0 Å². The Balaban J connectivity index is 1.88. The molecule has 2 rings (SSSR count). The van der Waals surface area contributed by atoms with Gasteiger partial charge < -0.3 is 19.5 Å². The quantitative estimate of drug-likeness (QED) is 0.747. The molecule has 0 spiro atoms. The number of ether oxygens (including phenoxy) is 3. The van der Waals surface area contributed by atoms with Gasteiger partial charge in [0.05, 0.1) is 24.8 Å². The smallest absolute Gasteiger partial charge is 0.179 e. The topological polar surface area (TPSA) is 39.7 Å². The molecule has 0 radical (unpaired) electrons. The van der Waals surface area contributed by atoms with Crippen LogP contribution in [0.3, 0.4) is 0 Å². The molecule has 0 aromatic heterocycles. The Morgan fingerprint density at radius 1 is 1.43 bits per heavy atom. The fourth-order valence-corrected chi connectivity index (χ4v) is 2.86. The van der Waals surface area contributed by atoms with Crippen LogP contribution >= 0.6 is 11.6 Å². The second kappa shape index (κ2) is 8.47. The van der Waals surface area contributed by atoms with E-state index >= 15 is 0 Å². The van der Waals surface area contributed by atoms with Crippen LogP contribution in [0.4, 0.5) is 0 Å². The lowest BCUT2D eigenvalue weighted by atomic mass is 10.1. The van der Waals surface area contributed by atoms with Crippen molar-refractivity contribution in [1.29, 1.82) is 0 Å². The Morgan fingerprint density at radius 3 is 2.95 bits per heavy atom. The molecule has 1 saturated heterocycles. The van der Waals surface area contributed by atoms with Crippen LogP contribution in [-0.4, -0.2) is 33.5 Å². The Hall–Kier alpha value is -0.970. The van der Waals surface area contributed by atoms with Gasteiger partial charge in [-0.05, 0) is 50.4 Å². The van der Waals surface area contributed by atoms with E-state index in [1.165, 1.54) is 12.8 Å². The van der Waals surface area contributed by atoms with Crippen molar-refractivity contribution in [1.82, 2.24) is 5.32 Å². The maximum Gasteiger partial charge on any atom is 0.179 e. The molecule has 21 heavy (non-hydrogen) atoms. The summed E-state index contributed by atoms with van der Waals surface area (Å²) in [6.07, 6.45) is 4.75. The molecule has 0 amide bonds. The first-order valence-corrected chi connectivity index (χ1v) is 7.87. The van der Waals surface area contributed by atoms with Gasteiger partial charge in [0.15, 0.2) is 11.5 Å². The number of hydrogen-bond donors (Lipinski definition) is 1. The third kappa shape index (κ3) is 4.77. The van der Waals surface area contributed by atoms with Crippen LogP contribution in [0.25, 0.3) is 0 Å². The molecule has 1 aliphatic rings. The molecule has 1 atom stereocenters. The summed E-state index contributed by atoms with van der Waals surface area (Å²) >= 11 is 6.30. The minimum absolute atomic E-state index is 0.406. The van der Waals surface area contributed by atoms with Gasteiger partial charge in [-0.1, -0.05) is 11.6 Å². The van der Waals surface area contributed by atoms with Crippen LogP contribution in [-0.2, 0) is 11.3 Å². The standard InChI is InChI=1S/C16H24ClNO3/c1-18-11-12-9-14(17)16(15(10-12)19-2)21-8-4-6-13-5-3-7-20-13/h9-10,13,18H,3-8,11H2,1-2H3. The van der Waals surface area contributed by atoms with Crippen molar-refractivity contribution < 1.29 is 14.2 Å². The zero-order valence-corrected chi connectivity index (χ0v) is 13.5. The van der Waals surface area contributed by atoms with Crippen molar-refractivity contribution in [3.63, 3.8) is 0 Å². The summed E-state index contributed by atoms with van der Waals surface area (Å²) in [5.41, 5.74) is 1.08. The summed E-state index contributed by atoms with van der Waals surface area (Å²) in [7, 11) is 3.53. The second-order valence-corrected chi connectivity index (χ2v) is 5.67. The maximum atomic E-state index is 6.30. The molecule has 1 fully saturated rings. The van der Waals surface area contributed by atoms with Gasteiger partial charge >= 0.3 is 0 Å². The minimum Gasteiger partial charge on any atom is -0.493 e. The van der Waals surface area contributed by atoms with Crippen LogP contribution < -0.4 is 14.8 Å². The highest BCUT2D eigenvalue weighted by Gasteiger charge is 2.16. The van der Waals surface area contributed by atoms with Gasteiger partial charge in [-0.25, -0.2) is 0 Å². The van der Waals surface area contributed by atoms with E-state index in [2.05, 4.69) is 5.32 Å². The van der Waals surface area contributed by atoms with Gasteiger partial charge in [-0.2, -0.15) is 0 Å². The molecule has 0 bridgehead atoms. The molecular weight excluding hydrogens is 290 g/mol. The van der Waals surface area contributed by atoms with Gasteiger partial charge in [0.1, 0.15) is 0 Å². The first kappa shape index (κ1) is 16.4. The van der Waals surface area contributed by atoms with E-state index in [0.29, 0.717) is 29.2 Å². The highest BCUT2D eigenvalue weighted by Crippen LogP contribution is 2.36. The molecule has 5 heteroatoms. The average Bonchev–Trinajstić information content (AvgIpc) is 2.98. The van der Waals surface area contributed by atoms with Crippen LogP contribution in [0.1, 0.15) is 31.2 Å². The van der Waals surface area contributed by atoms with Gasteiger partial charge in [0.25, 0.3) is 0 Å². The van der Waals surface area contributed by atoms with Crippen LogP contribution in [0.15, 0.2) is 12.1 Å². The van der Waals surface area contributed by atoms with E-state index < -0.39 is 0 Å². The maximum absolute atomic E-state index is 6.30. The summed E-state index contributed by atoms with van der Waals surface area (Å²) < 4.78 is 16.8. The molecule has 1 heterocycles. The summed E-state index contributed by atoms with van der Waals surface area (Å²) in [6, 6.07) is 3.87. The van der Waals surface area contributed by atoms with Crippen molar-refractivity contribution in [2.24, 2.45) is 0 Å². The fraction of sp³-hybridized carbons (Fsp3) is 0.625. The molecule has 1 aromatic rings. The Kier molecular flexibility index (Phi) is 6.61. The predicted octanol–water partition coefficient (Wildman–Crippen LogP) is 3.41. The van der Waals surface area contributed by atoms with Crippen LogP contribution in [0, 0.1) is 0 Å². The van der Waals surface area contributed by atoms with E-state index in [4.69, 9.17) is 25.8 Å². The predicted molar refractivity (Wildman–Crippen MR) is 84.5 cm³/mol. The third-order valence-electron chi connectivity index (χ3n) is 3.61. The molecule has 1 aliphatic heterocycles. The lowest BCUT2D eigenvalue weighted by Crippen LogP contribution is -2.09. The number of hydrogen-bond acceptors (Lipinski definition) is 4. The van der Waals surface area contributed by atoms with E-state index in [1.807, 2.05) is 19.2 Å². The number of halogens is 1. The molecule has 0 saturated carbocycles. The number of rotatable bonds is 8. The fourth-order valence-electron chi connectivity index (χ4n) is 2.58. The highest BCUT2D eigenvalue weighted by atomic mass is 35.5. The minimum atomic E-state index is 0.406. The van der Waals surface area contributed by atoms with Crippen molar-refractivity contribution in [3.05, 3.63) is 22.7 Å². The SMILES string of the molecule is CNCc1cc(Cl)c(OCCCC2CCCO2)c(OC)c1. The van der Waals surface area contributed by atoms with Crippen LogP contribution in [0.5, 0.6) is 11.5 Å². The van der Waals surface area contributed by atoms with E-state index in [9.17, 15) is 0 Å². The molecule has 4 nitrogen and oxygen atoms in total. The molecule has 1 unspecified atom stereocenters. The van der Waals surface area contributed by atoms with Crippen LogP contribution in [0.2, 0.25) is 5.02 Å². The largest absolute Gasteiger partial charge is 0.493 e. The van der Waals surface area contributed by atoms with Crippen molar-refractivity contribution in [2.45, 2.75) is 38.3 Å². The van der Waals surface area contributed by atoms with Gasteiger partial charge in [0.2, 0.25) is 0 Å². The normalized spacial score (nSPS) is 18.0. The van der Waals surface area contributed by atoms with Gasteiger partial charge in [-0.15, -0.1) is 0 Å². The van der Waals surface area contributed by atoms with Crippen molar-refractivity contribution in [3.8, 4) is 11.5 Å². The Labute approximate surface area is 131 Å². The average molecular weight is 314 g/mol. The Bertz CT molecular complexity index is 447. The number of benzene rings is 1. The Morgan fingerprint density at radius 2 is 2.29 bits per heavy atom. The number of methoxy groups -OCH3 is 1. The molecule has 0 aliphatic carbocycles. The second-order valence-electron chi connectivity index (χ2n) is 5.27. The highest BCUT2D eigenvalue weighted by molar-refractivity contribution is 6.32. The molecule has 118 valence electrons. The third-order valence-corrected chi connectivity index (χ3v) is 3.89. The lowest BCUT2D eigenvalue weighted by Gasteiger charge is -2.15. The molecular formula is C16H24ClNO3. The zero-order chi connectivity index (χ0) is 15.1. The summed E-state index contributed by atoms with van der Waals surface area (Å²) in [4.78, 5) is 0. The first-order valence-electron chi connectivity index (χ1n) is 7.50. The summed E-state index contributed by atoms with van der Waals surface area (Å²) in [5, 5.41) is 3.69. The van der Waals surface area contributed by atoms with Gasteiger partial charge in [-0.3, -0.25) is 0 Å². The van der Waals surface area contributed by atoms with E-state index in [1.54, 1.807) is 7.11 Å². The zero-order valence-electron chi connectivity index (χ0n) is 12.8. The summed E-state index contributed by atoms with van der Waals surface area (Å²) in [5.74, 6) is 1.32. The first-order chi connectivity index (χ1) is 10.2. The lowest BCUT2D eigenvalue weighted by molar-refractivity contribution is 0.0980.